The van der Waals surface area contributed by atoms with Gasteiger partial charge in [0, 0.05) is 0 Å². The maximum atomic E-state index is 12.0. The van der Waals surface area contributed by atoms with Crippen LogP contribution in [0.1, 0.15) is 20.8 Å². The molecule has 1 amide bonds. The predicted octanol–water partition coefficient (Wildman–Crippen LogP) is 2.56. The monoisotopic (exact) mass is 247 g/mol. The maximum absolute atomic E-state index is 12.0. The molecule has 1 rings (SSSR count). The van der Waals surface area contributed by atoms with Gasteiger partial charge in [0.05, 0.1) is 18.4 Å². The first-order valence-corrected chi connectivity index (χ1v) is 5.60. The number of allylic oxidation sites excluding steroid dienone is 1. The van der Waals surface area contributed by atoms with E-state index in [4.69, 9.17) is 4.74 Å². The van der Waals surface area contributed by atoms with Crippen molar-refractivity contribution in [2.75, 3.05) is 12.4 Å². The molecule has 0 fully saturated rings. The van der Waals surface area contributed by atoms with E-state index in [0.717, 1.165) is 0 Å². The number of para-hydroxylation sites is 2. The smallest absolute Gasteiger partial charge is 0.259 e. The van der Waals surface area contributed by atoms with E-state index in [1.54, 1.807) is 38.1 Å². The van der Waals surface area contributed by atoms with Crippen LogP contribution in [0.25, 0.3) is 0 Å². The Bertz CT molecular complexity index is 500. The molecule has 0 aromatic heterocycles. The van der Waals surface area contributed by atoms with Gasteiger partial charge in [-0.15, -0.1) is 0 Å². The van der Waals surface area contributed by atoms with Crippen molar-refractivity contribution in [2.24, 2.45) is 0 Å². The van der Waals surface area contributed by atoms with Gasteiger partial charge < -0.3 is 10.1 Å². The van der Waals surface area contributed by atoms with Crippen LogP contribution in [0.4, 0.5) is 5.69 Å². The largest absolute Gasteiger partial charge is 0.495 e. The Balaban J connectivity index is 3.01. The van der Waals surface area contributed by atoms with Gasteiger partial charge >= 0.3 is 0 Å². The normalized spacial score (nSPS) is 9.56. The Labute approximate surface area is 107 Å². The molecule has 0 aliphatic rings. The van der Waals surface area contributed by atoms with Crippen molar-refractivity contribution in [3.63, 3.8) is 0 Å². The van der Waals surface area contributed by atoms with E-state index < -0.39 is 5.91 Å². The quantitative estimate of drug-likeness (QED) is 0.505. The number of amides is 1. The first kappa shape index (κ1) is 14.0. The SMILES string of the molecule is COc1ccccc1NC(=O)C(C(C)=O)=C(C)C. The van der Waals surface area contributed by atoms with E-state index >= 15 is 0 Å². The van der Waals surface area contributed by atoms with Gasteiger partial charge in [-0.05, 0) is 32.9 Å². The molecule has 0 aliphatic carbocycles. The van der Waals surface area contributed by atoms with Crippen molar-refractivity contribution in [3.8, 4) is 5.75 Å². The Morgan fingerprint density at radius 3 is 2.22 bits per heavy atom. The molecule has 0 saturated heterocycles. The molecule has 0 spiro atoms. The third-order valence-electron chi connectivity index (χ3n) is 2.43. The summed E-state index contributed by atoms with van der Waals surface area (Å²) in [6, 6.07) is 7.06. The van der Waals surface area contributed by atoms with Crippen molar-refractivity contribution in [2.45, 2.75) is 20.8 Å². The molecular formula is C14H17NO3. The van der Waals surface area contributed by atoms with Crippen molar-refractivity contribution in [1.29, 1.82) is 0 Å². The lowest BCUT2D eigenvalue weighted by atomic mass is 10.1. The average Bonchev–Trinajstić information content (AvgIpc) is 2.28. The number of nitrogens with one attached hydrogen (secondary N) is 1. The van der Waals surface area contributed by atoms with Crippen molar-refractivity contribution >= 4 is 17.4 Å². The molecule has 18 heavy (non-hydrogen) atoms. The second-order valence-electron chi connectivity index (χ2n) is 4.09. The number of Topliss-reactive ketones (excluding diaryl/α,β-unsaturated/α-hetero) is 1. The molecule has 0 saturated carbocycles. The molecular weight excluding hydrogens is 230 g/mol. The molecule has 1 aromatic rings. The first-order valence-electron chi connectivity index (χ1n) is 5.60. The fraction of sp³-hybridized carbons (Fsp3) is 0.286. The second kappa shape index (κ2) is 6.00. The van der Waals surface area contributed by atoms with Gasteiger partial charge in [0.1, 0.15) is 5.75 Å². The molecule has 0 radical (unpaired) electrons. The number of carbonyl (C=O) groups is 2. The Morgan fingerprint density at radius 1 is 1.11 bits per heavy atom. The number of anilines is 1. The maximum Gasteiger partial charge on any atom is 0.259 e. The zero-order valence-electron chi connectivity index (χ0n) is 11.0. The number of carbonyl (C=O) groups excluding carboxylic acids is 2. The lowest BCUT2D eigenvalue weighted by molar-refractivity contribution is -0.119. The van der Waals surface area contributed by atoms with Crippen molar-refractivity contribution in [3.05, 3.63) is 35.4 Å². The third-order valence-corrected chi connectivity index (χ3v) is 2.43. The summed E-state index contributed by atoms with van der Waals surface area (Å²) in [4.78, 5) is 23.4. The summed E-state index contributed by atoms with van der Waals surface area (Å²) in [5.74, 6) is -0.100. The predicted molar refractivity (Wildman–Crippen MR) is 70.7 cm³/mol. The van der Waals surface area contributed by atoms with E-state index in [0.29, 0.717) is 17.0 Å². The molecule has 4 nitrogen and oxygen atoms in total. The lowest BCUT2D eigenvalue weighted by Crippen LogP contribution is -2.20. The van der Waals surface area contributed by atoms with Gasteiger partial charge in [-0.2, -0.15) is 0 Å². The third kappa shape index (κ3) is 3.20. The highest BCUT2D eigenvalue weighted by atomic mass is 16.5. The fourth-order valence-corrected chi connectivity index (χ4v) is 1.67. The van der Waals surface area contributed by atoms with Crippen LogP contribution >= 0.6 is 0 Å². The molecule has 1 N–H and O–H groups in total. The van der Waals surface area contributed by atoms with Crippen LogP contribution in [0.3, 0.4) is 0 Å². The van der Waals surface area contributed by atoms with Crippen LogP contribution < -0.4 is 10.1 Å². The Hall–Kier alpha value is -2.10. The summed E-state index contributed by atoms with van der Waals surface area (Å²) in [7, 11) is 1.53. The van der Waals surface area contributed by atoms with Crippen molar-refractivity contribution < 1.29 is 14.3 Å². The second-order valence-corrected chi connectivity index (χ2v) is 4.09. The fourth-order valence-electron chi connectivity index (χ4n) is 1.67. The molecule has 0 heterocycles. The van der Waals surface area contributed by atoms with Crippen LogP contribution in [-0.2, 0) is 9.59 Å². The van der Waals surface area contributed by atoms with Gasteiger partial charge in [-0.3, -0.25) is 9.59 Å². The molecule has 96 valence electrons. The van der Waals surface area contributed by atoms with E-state index in [1.165, 1.54) is 14.0 Å². The number of rotatable bonds is 4. The number of methoxy groups -OCH3 is 1. The zero-order chi connectivity index (χ0) is 13.7. The summed E-state index contributed by atoms with van der Waals surface area (Å²) < 4.78 is 5.13. The summed E-state index contributed by atoms with van der Waals surface area (Å²) in [5, 5.41) is 2.68. The van der Waals surface area contributed by atoms with Gasteiger partial charge in [-0.25, -0.2) is 0 Å². The summed E-state index contributed by atoms with van der Waals surface area (Å²) >= 11 is 0. The van der Waals surface area contributed by atoms with Crippen LogP contribution in [-0.4, -0.2) is 18.8 Å². The molecule has 0 unspecified atom stereocenters. The van der Waals surface area contributed by atoms with Gasteiger partial charge in [0.25, 0.3) is 5.91 Å². The van der Waals surface area contributed by atoms with E-state index in [9.17, 15) is 9.59 Å². The van der Waals surface area contributed by atoms with Gasteiger partial charge in [0.15, 0.2) is 5.78 Å². The molecule has 0 aliphatic heterocycles. The number of ketones is 1. The highest BCUT2D eigenvalue weighted by molar-refractivity contribution is 6.23. The molecule has 1 aromatic carbocycles. The molecule has 0 bridgehead atoms. The van der Waals surface area contributed by atoms with Crippen LogP contribution in [0.15, 0.2) is 35.4 Å². The average molecular weight is 247 g/mol. The minimum Gasteiger partial charge on any atom is -0.495 e. The van der Waals surface area contributed by atoms with Gasteiger partial charge in [0.2, 0.25) is 0 Å². The number of hydrogen-bond donors (Lipinski definition) is 1. The topological polar surface area (TPSA) is 55.4 Å². The highest BCUT2D eigenvalue weighted by Gasteiger charge is 2.17. The minimum atomic E-state index is -0.410. The first-order chi connectivity index (χ1) is 8.47. The number of hydrogen-bond acceptors (Lipinski definition) is 3. The van der Waals surface area contributed by atoms with E-state index in [1.807, 2.05) is 0 Å². The molecule has 0 atom stereocenters. The van der Waals surface area contributed by atoms with Crippen LogP contribution in [0, 0.1) is 0 Å². The van der Waals surface area contributed by atoms with Crippen LogP contribution in [0.5, 0.6) is 5.75 Å². The molecule has 4 heteroatoms. The summed E-state index contributed by atoms with van der Waals surface area (Å²) in [6.07, 6.45) is 0. The number of benzene rings is 1. The van der Waals surface area contributed by atoms with Gasteiger partial charge in [-0.1, -0.05) is 17.7 Å². The summed E-state index contributed by atoms with van der Waals surface area (Å²) in [6.45, 7) is 4.85. The highest BCUT2D eigenvalue weighted by Crippen LogP contribution is 2.23. The van der Waals surface area contributed by atoms with E-state index in [2.05, 4.69) is 5.32 Å². The Kier molecular flexibility index (Phi) is 4.66. The lowest BCUT2D eigenvalue weighted by Gasteiger charge is -2.11. The zero-order valence-corrected chi connectivity index (χ0v) is 11.0. The van der Waals surface area contributed by atoms with Crippen LogP contribution in [0.2, 0.25) is 0 Å². The standard InChI is InChI=1S/C14H17NO3/c1-9(2)13(10(3)16)14(17)15-11-7-5-6-8-12(11)18-4/h5-8H,1-4H3,(H,15,17). The number of ether oxygens (including phenoxy) is 1. The van der Waals surface area contributed by atoms with Crippen molar-refractivity contribution in [1.82, 2.24) is 0 Å². The van der Waals surface area contributed by atoms with E-state index in [-0.39, 0.29) is 11.4 Å². The summed E-state index contributed by atoms with van der Waals surface area (Å²) in [5.41, 5.74) is 1.42. The minimum absolute atomic E-state index is 0.181. The Morgan fingerprint density at radius 2 is 1.72 bits per heavy atom.